The highest BCUT2D eigenvalue weighted by Crippen LogP contribution is 2.41. The van der Waals surface area contributed by atoms with E-state index in [4.69, 9.17) is 9.72 Å². The lowest BCUT2D eigenvalue weighted by atomic mass is 9.79. The highest BCUT2D eigenvalue weighted by molar-refractivity contribution is 7.18. The molecule has 2 aromatic rings. The van der Waals surface area contributed by atoms with Gasteiger partial charge in [-0.3, -0.25) is 9.59 Å². The van der Waals surface area contributed by atoms with Crippen molar-refractivity contribution >= 4 is 33.4 Å². The van der Waals surface area contributed by atoms with Crippen molar-refractivity contribution < 1.29 is 14.3 Å². The Morgan fingerprint density at radius 2 is 1.82 bits per heavy atom. The van der Waals surface area contributed by atoms with E-state index in [2.05, 4.69) is 6.07 Å². The second kappa shape index (κ2) is 9.03. The molecule has 1 saturated carbocycles. The number of ether oxygens (including phenoxy) is 1. The zero-order valence-electron chi connectivity index (χ0n) is 17.2. The molecule has 5 nitrogen and oxygen atoms in total. The summed E-state index contributed by atoms with van der Waals surface area (Å²) in [7, 11) is 0. The first-order valence-corrected chi connectivity index (χ1v) is 11.0. The molecule has 2 atom stereocenters. The maximum Gasteiger partial charge on any atom is 0.310 e. The van der Waals surface area contributed by atoms with Crippen molar-refractivity contribution in [3.63, 3.8) is 0 Å². The molecular weight excluding hydrogens is 372 g/mol. The fourth-order valence-electron chi connectivity index (χ4n) is 4.24. The molecule has 1 fully saturated rings. The van der Waals surface area contributed by atoms with Gasteiger partial charge in [0.25, 0.3) is 5.91 Å². The predicted molar refractivity (Wildman–Crippen MR) is 112 cm³/mol. The van der Waals surface area contributed by atoms with Crippen molar-refractivity contribution in [2.45, 2.75) is 71.4 Å². The molecule has 1 aromatic heterocycles. The van der Waals surface area contributed by atoms with Crippen LogP contribution < -0.4 is 0 Å². The SMILES string of the molecule is CC(C)N(C(=O)COC(=O)[C@@H]1CCCC[C@H]1c1nc2ccccc2s1)C(C)C. The van der Waals surface area contributed by atoms with Gasteiger partial charge < -0.3 is 9.64 Å². The number of carbonyl (C=O) groups excluding carboxylic acids is 2. The molecule has 0 spiro atoms. The van der Waals surface area contributed by atoms with Gasteiger partial charge in [-0.1, -0.05) is 25.0 Å². The van der Waals surface area contributed by atoms with Gasteiger partial charge in [-0.15, -0.1) is 11.3 Å². The number of fused-ring (bicyclic) bond motifs is 1. The molecule has 1 aromatic carbocycles. The number of carbonyl (C=O) groups is 2. The van der Waals surface area contributed by atoms with Crippen LogP contribution in [0.2, 0.25) is 0 Å². The van der Waals surface area contributed by atoms with Crippen LogP contribution in [0.25, 0.3) is 10.2 Å². The number of benzene rings is 1. The van der Waals surface area contributed by atoms with Gasteiger partial charge in [0.1, 0.15) is 0 Å². The minimum atomic E-state index is -0.259. The summed E-state index contributed by atoms with van der Waals surface area (Å²) in [5.41, 5.74) is 0.986. The lowest BCUT2D eigenvalue weighted by Gasteiger charge is -2.31. The van der Waals surface area contributed by atoms with Gasteiger partial charge >= 0.3 is 5.97 Å². The van der Waals surface area contributed by atoms with E-state index in [1.807, 2.05) is 45.9 Å². The summed E-state index contributed by atoms with van der Waals surface area (Å²) in [5.74, 6) is -0.524. The molecule has 0 unspecified atom stereocenters. The van der Waals surface area contributed by atoms with Gasteiger partial charge in [0.05, 0.1) is 21.1 Å². The molecule has 1 heterocycles. The van der Waals surface area contributed by atoms with Gasteiger partial charge in [-0.05, 0) is 52.7 Å². The molecule has 1 aliphatic rings. The second-order valence-corrected chi connectivity index (χ2v) is 9.18. The molecule has 1 amide bonds. The number of amides is 1. The first-order chi connectivity index (χ1) is 13.4. The van der Waals surface area contributed by atoms with Crippen molar-refractivity contribution in [2.75, 3.05) is 6.61 Å². The topological polar surface area (TPSA) is 59.5 Å². The number of aromatic nitrogens is 1. The maximum atomic E-state index is 12.8. The van der Waals surface area contributed by atoms with Crippen LogP contribution in [0.3, 0.4) is 0 Å². The molecule has 6 heteroatoms. The van der Waals surface area contributed by atoms with Crippen LogP contribution in [0.15, 0.2) is 24.3 Å². The number of esters is 1. The molecule has 0 radical (unpaired) electrons. The predicted octanol–water partition coefficient (Wildman–Crippen LogP) is 4.76. The molecule has 0 aliphatic heterocycles. The number of para-hydroxylation sites is 1. The van der Waals surface area contributed by atoms with Crippen molar-refractivity contribution in [3.05, 3.63) is 29.3 Å². The molecule has 0 saturated heterocycles. The normalized spacial score (nSPS) is 19.9. The van der Waals surface area contributed by atoms with Gasteiger partial charge in [0.15, 0.2) is 6.61 Å². The van der Waals surface area contributed by atoms with Crippen LogP contribution in [-0.2, 0) is 14.3 Å². The Balaban J connectivity index is 1.69. The number of rotatable bonds is 6. The standard InChI is InChI=1S/C22H30N2O3S/c1-14(2)24(15(3)4)20(25)13-27-22(26)17-10-6-5-9-16(17)21-23-18-11-7-8-12-19(18)28-21/h7-8,11-12,14-17H,5-6,9-10,13H2,1-4H3/t16-,17-/m1/s1. The summed E-state index contributed by atoms with van der Waals surface area (Å²) < 4.78 is 6.65. The van der Waals surface area contributed by atoms with E-state index in [0.29, 0.717) is 0 Å². The van der Waals surface area contributed by atoms with Crippen LogP contribution >= 0.6 is 11.3 Å². The quantitative estimate of drug-likeness (QED) is 0.654. The van der Waals surface area contributed by atoms with Gasteiger partial charge in [-0.2, -0.15) is 0 Å². The van der Waals surface area contributed by atoms with Crippen LogP contribution in [0.1, 0.15) is 64.3 Å². The van der Waals surface area contributed by atoms with E-state index >= 15 is 0 Å². The number of hydrogen-bond acceptors (Lipinski definition) is 5. The van der Waals surface area contributed by atoms with Crippen molar-refractivity contribution in [1.82, 2.24) is 9.88 Å². The minimum absolute atomic E-state index is 0.0800. The third kappa shape index (κ3) is 4.54. The molecule has 152 valence electrons. The Morgan fingerprint density at radius 3 is 2.50 bits per heavy atom. The third-order valence-electron chi connectivity index (χ3n) is 5.43. The van der Waals surface area contributed by atoms with Crippen molar-refractivity contribution in [2.24, 2.45) is 5.92 Å². The Morgan fingerprint density at radius 1 is 1.14 bits per heavy atom. The first kappa shape index (κ1) is 20.8. The molecule has 28 heavy (non-hydrogen) atoms. The highest BCUT2D eigenvalue weighted by atomic mass is 32.1. The van der Waals surface area contributed by atoms with E-state index < -0.39 is 0 Å². The maximum absolute atomic E-state index is 12.8. The largest absolute Gasteiger partial charge is 0.455 e. The van der Waals surface area contributed by atoms with E-state index in [1.54, 1.807) is 16.2 Å². The average molecular weight is 403 g/mol. The highest BCUT2D eigenvalue weighted by Gasteiger charge is 2.35. The Hall–Kier alpha value is -1.95. The Kier molecular flexibility index (Phi) is 6.70. The van der Waals surface area contributed by atoms with E-state index in [1.165, 1.54) is 0 Å². The third-order valence-corrected chi connectivity index (χ3v) is 6.60. The minimum Gasteiger partial charge on any atom is -0.455 e. The van der Waals surface area contributed by atoms with Crippen LogP contribution in [0, 0.1) is 5.92 Å². The van der Waals surface area contributed by atoms with Gasteiger partial charge in [0, 0.05) is 18.0 Å². The molecule has 3 rings (SSSR count). The summed E-state index contributed by atoms with van der Waals surface area (Å²) in [4.78, 5) is 31.9. The molecule has 0 N–H and O–H groups in total. The summed E-state index contributed by atoms with van der Waals surface area (Å²) in [6, 6.07) is 8.23. The van der Waals surface area contributed by atoms with E-state index in [9.17, 15) is 9.59 Å². The molecule has 0 bridgehead atoms. The molecular formula is C22H30N2O3S. The number of hydrogen-bond donors (Lipinski definition) is 0. The van der Waals surface area contributed by atoms with Crippen molar-refractivity contribution in [1.29, 1.82) is 0 Å². The Bertz CT molecular complexity index is 789. The van der Waals surface area contributed by atoms with Gasteiger partial charge in [-0.25, -0.2) is 4.98 Å². The first-order valence-electron chi connectivity index (χ1n) is 10.2. The smallest absolute Gasteiger partial charge is 0.310 e. The van der Waals surface area contributed by atoms with Crippen LogP contribution in [0.4, 0.5) is 0 Å². The lowest BCUT2D eigenvalue weighted by Crippen LogP contribution is -2.44. The summed E-state index contributed by atoms with van der Waals surface area (Å²) >= 11 is 1.67. The Labute approximate surface area is 171 Å². The van der Waals surface area contributed by atoms with Gasteiger partial charge in [0.2, 0.25) is 0 Å². The van der Waals surface area contributed by atoms with E-state index in [0.717, 1.165) is 40.9 Å². The fourth-order valence-corrected chi connectivity index (χ4v) is 5.41. The fraction of sp³-hybridized carbons (Fsp3) is 0.591. The zero-order chi connectivity index (χ0) is 20.3. The average Bonchev–Trinajstić information content (AvgIpc) is 3.09. The number of nitrogens with zero attached hydrogens (tertiary/aromatic N) is 2. The number of thiazole rings is 1. The second-order valence-electron chi connectivity index (χ2n) is 8.11. The van der Waals surface area contributed by atoms with Crippen molar-refractivity contribution in [3.8, 4) is 0 Å². The molecule has 1 aliphatic carbocycles. The van der Waals surface area contributed by atoms with E-state index in [-0.39, 0.29) is 42.4 Å². The zero-order valence-corrected chi connectivity index (χ0v) is 18.0. The summed E-state index contributed by atoms with van der Waals surface area (Å²) in [6.45, 7) is 7.72. The lowest BCUT2D eigenvalue weighted by molar-refractivity contribution is -0.158. The van der Waals surface area contributed by atoms with Crippen LogP contribution in [-0.4, -0.2) is 40.5 Å². The van der Waals surface area contributed by atoms with Crippen LogP contribution in [0.5, 0.6) is 0 Å². The summed E-state index contributed by atoms with van der Waals surface area (Å²) in [5, 5.41) is 1.01. The summed E-state index contributed by atoms with van der Waals surface area (Å²) in [6.07, 6.45) is 3.85. The monoisotopic (exact) mass is 402 g/mol.